The van der Waals surface area contributed by atoms with Crippen molar-refractivity contribution < 1.29 is 9.66 Å². The van der Waals surface area contributed by atoms with Gasteiger partial charge in [0, 0.05) is 12.1 Å². The number of nitro groups is 1. The molecule has 2 N–H and O–H groups in total. The van der Waals surface area contributed by atoms with Gasteiger partial charge in [0.1, 0.15) is 5.75 Å². The maximum Gasteiger partial charge on any atom is 0.269 e. The average Bonchev–Trinajstić information content (AvgIpc) is 2.84. The lowest BCUT2D eigenvalue weighted by Crippen LogP contribution is -2.06. The Bertz CT molecular complexity index is 698. The third kappa shape index (κ3) is 2.60. The van der Waals surface area contributed by atoms with E-state index in [1.807, 2.05) is 24.3 Å². The Kier molecular flexibility index (Phi) is 3.58. The minimum Gasteiger partial charge on any atom is -0.494 e. The second kappa shape index (κ2) is 5.54. The van der Waals surface area contributed by atoms with Gasteiger partial charge in [-0.1, -0.05) is 6.07 Å². The molecule has 2 aromatic rings. The molecular formula is C16H16N2O3. The molecular weight excluding hydrogens is 268 g/mol. The molecule has 108 valence electrons. The lowest BCUT2D eigenvalue weighted by Gasteiger charge is -2.07. The van der Waals surface area contributed by atoms with Crippen molar-refractivity contribution >= 4 is 5.69 Å². The Balaban J connectivity index is 1.86. The molecule has 5 nitrogen and oxygen atoms in total. The molecule has 0 aromatic heterocycles. The smallest absolute Gasteiger partial charge is 0.269 e. The zero-order chi connectivity index (χ0) is 14.8. The highest BCUT2D eigenvalue weighted by Crippen LogP contribution is 2.39. The van der Waals surface area contributed by atoms with Crippen molar-refractivity contribution in [2.75, 3.05) is 13.2 Å². The van der Waals surface area contributed by atoms with Gasteiger partial charge < -0.3 is 10.5 Å². The molecule has 0 spiro atoms. The number of nitro benzene ring substituents is 1. The highest BCUT2D eigenvalue weighted by atomic mass is 16.6. The summed E-state index contributed by atoms with van der Waals surface area (Å²) in [6.45, 7) is 1.22. The maximum atomic E-state index is 10.8. The minimum absolute atomic E-state index is 0.140. The molecule has 21 heavy (non-hydrogen) atoms. The highest BCUT2D eigenvalue weighted by molar-refractivity contribution is 5.78. The van der Waals surface area contributed by atoms with Crippen LogP contribution in [0.15, 0.2) is 36.4 Å². The highest BCUT2D eigenvalue weighted by Gasteiger charge is 2.21. The normalized spacial score (nSPS) is 11.9. The molecule has 0 fully saturated rings. The summed E-state index contributed by atoms with van der Waals surface area (Å²) in [6, 6.07) is 11.0. The van der Waals surface area contributed by atoms with Gasteiger partial charge in [-0.05, 0) is 59.8 Å². The molecule has 0 unspecified atom stereocenters. The number of fused-ring (bicyclic) bond motifs is 3. The molecule has 0 radical (unpaired) electrons. The van der Waals surface area contributed by atoms with Gasteiger partial charge in [-0.25, -0.2) is 0 Å². The number of nitrogens with two attached hydrogens (primary N) is 1. The van der Waals surface area contributed by atoms with Crippen LogP contribution in [-0.4, -0.2) is 18.1 Å². The summed E-state index contributed by atoms with van der Waals surface area (Å²) in [4.78, 5) is 10.5. The first kappa shape index (κ1) is 13.6. The van der Waals surface area contributed by atoms with Crippen LogP contribution in [0.1, 0.15) is 17.5 Å². The van der Waals surface area contributed by atoms with E-state index < -0.39 is 0 Å². The van der Waals surface area contributed by atoms with Crippen LogP contribution >= 0.6 is 0 Å². The van der Waals surface area contributed by atoms with Crippen LogP contribution in [0.4, 0.5) is 5.69 Å². The Hall–Kier alpha value is -2.40. The fourth-order valence-electron chi connectivity index (χ4n) is 2.65. The number of ether oxygens (including phenoxy) is 1. The first-order valence-corrected chi connectivity index (χ1v) is 6.92. The number of rotatable bonds is 5. The number of hydrogen-bond acceptors (Lipinski definition) is 4. The molecule has 5 heteroatoms. The lowest BCUT2D eigenvalue weighted by atomic mass is 10.1. The molecule has 2 aromatic carbocycles. The van der Waals surface area contributed by atoms with Crippen LogP contribution in [0.5, 0.6) is 5.75 Å². The lowest BCUT2D eigenvalue weighted by molar-refractivity contribution is -0.384. The molecule has 1 aliphatic rings. The van der Waals surface area contributed by atoms with E-state index in [1.165, 1.54) is 0 Å². The number of hydrogen-bond donors (Lipinski definition) is 1. The Morgan fingerprint density at radius 1 is 1.14 bits per heavy atom. The molecule has 0 saturated heterocycles. The van der Waals surface area contributed by atoms with E-state index in [4.69, 9.17) is 10.5 Å². The summed E-state index contributed by atoms with van der Waals surface area (Å²) in [5, 5.41) is 10.8. The van der Waals surface area contributed by atoms with E-state index in [0.717, 1.165) is 34.4 Å². The number of non-ortho nitro benzene ring substituents is 1. The van der Waals surface area contributed by atoms with Gasteiger partial charge in [-0.3, -0.25) is 10.1 Å². The fraction of sp³-hybridized carbons (Fsp3) is 0.250. The van der Waals surface area contributed by atoms with Gasteiger partial charge in [-0.2, -0.15) is 0 Å². The number of benzene rings is 2. The summed E-state index contributed by atoms with van der Waals surface area (Å²) in [5.41, 5.74) is 9.93. The largest absolute Gasteiger partial charge is 0.494 e. The molecule has 0 atom stereocenters. The summed E-state index contributed by atoms with van der Waals surface area (Å²) >= 11 is 0. The van der Waals surface area contributed by atoms with Crippen molar-refractivity contribution in [2.45, 2.75) is 12.8 Å². The minimum atomic E-state index is -0.357. The molecule has 1 aliphatic carbocycles. The quantitative estimate of drug-likeness (QED) is 0.444. The first-order valence-electron chi connectivity index (χ1n) is 6.92. The van der Waals surface area contributed by atoms with E-state index in [1.54, 1.807) is 12.1 Å². The van der Waals surface area contributed by atoms with E-state index >= 15 is 0 Å². The molecule has 0 heterocycles. The summed E-state index contributed by atoms with van der Waals surface area (Å²) in [7, 11) is 0. The van der Waals surface area contributed by atoms with Crippen LogP contribution in [0.3, 0.4) is 0 Å². The number of nitrogens with zero attached hydrogens (tertiary/aromatic N) is 1. The molecule has 3 rings (SSSR count). The second-order valence-corrected chi connectivity index (χ2v) is 5.08. The van der Waals surface area contributed by atoms with Gasteiger partial charge in [0.05, 0.1) is 11.5 Å². The van der Waals surface area contributed by atoms with Crippen LogP contribution in [0, 0.1) is 10.1 Å². The van der Waals surface area contributed by atoms with E-state index in [9.17, 15) is 10.1 Å². The van der Waals surface area contributed by atoms with Crippen molar-refractivity contribution in [3.63, 3.8) is 0 Å². The van der Waals surface area contributed by atoms with Crippen molar-refractivity contribution in [1.29, 1.82) is 0 Å². The summed E-state index contributed by atoms with van der Waals surface area (Å²) in [5.74, 6) is 0.824. The molecule has 0 amide bonds. The summed E-state index contributed by atoms with van der Waals surface area (Å²) < 4.78 is 5.64. The van der Waals surface area contributed by atoms with E-state index in [-0.39, 0.29) is 10.6 Å². The predicted molar refractivity (Wildman–Crippen MR) is 80.5 cm³/mol. The van der Waals surface area contributed by atoms with Crippen LogP contribution in [-0.2, 0) is 6.42 Å². The first-order chi connectivity index (χ1) is 10.2. The van der Waals surface area contributed by atoms with Crippen LogP contribution in [0.2, 0.25) is 0 Å². The standard InChI is InChI=1S/C16H16N2O3/c17-6-1-7-21-14-3-5-16-12(10-14)8-11-9-13(18(19)20)2-4-15(11)16/h2-5,9-10H,1,6-8,17H2. The zero-order valence-electron chi connectivity index (χ0n) is 11.5. The Morgan fingerprint density at radius 3 is 2.57 bits per heavy atom. The van der Waals surface area contributed by atoms with Crippen molar-refractivity contribution in [2.24, 2.45) is 5.73 Å². The average molecular weight is 284 g/mol. The fourth-order valence-corrected chi connectivity index (χ4v) is 2.65. The van der Waals surface area contributed by atoms with Crippen molar-refractivity contribution in [3.05, 3.63) is 57.6 Å². The van der Waals surface area contributed by atoms with Crippen LogP contribution < -0.4 is 10.5 Å². The van der Waals surface area contributed by atoms with Gasteiger partial charge >= 0.3 is 0 Å². The molecule has 0 saturated carbocycles. The predicted octanol–water partition coefficient (Wildman–Crippen LogP) is 2.89. The van der Waals surface area contributed by atoms with Gasteiger partial charge in [-0.15, -0.1) is 0 Å². The van der Waals surface area contributed by atoms with Gasteiger partial charge in [0.25, 0.3) is 5.69 Å². The summed E-state index contributed by atoms with van der Waals surface area (Å²) in [6.07, 6.45) is 1.53. The van der Waals surface area contributed by atoms with Gasteiger partial charge in [0.15, 0.2) is 0 Å². The SMILES string of the molecule is NCCCOc1ccc2c(c1)Cc1cc([N+](=O)[O-])ccc1-2. The van der Waals surface area contributed by atoms with Crippen molar-refractivity contribution in [3.8, 4) is 16.9 Å². The Labute approximate surface area is 122 Å². The second-order valence-electron chi connectivity index (χ2n) is 5.08. The Morgan fingerprint density at radius 2 is 1.86 bits per heavy atom. The van der Waals surface area contributed by atoms with Gasteiger partial charge in [0.2, 0.25) is 0 Å². The van der Waals surface area contributed by atoms with Crippen LogP contribution in [0.25, 0.3) is 11.1 Å². The molecule has 0 aliphatic heterocycles. The monoisotopic (exact) mass is 284 g/mol. The third-order valence-electron chi connectivity index (χ3n) is 3.66. The van der Waals surface area contributed by atoms with E-state index in [2.05, 4.69) is 0 Å². The maximum absolute atomic E-state index is 10.8. The molecule has 0 bridgehead atoms. The van der Waals surface area contributed by atoms with Crippen molar-refractivity contribution in [1.82, 2.24) is 0 Å². The topological polar surface area (TPSA) is 78.4 Å². The zero-order valence-corrected chi connectivity index (χ0v) is 11.5. The third-order valence-corrected chi connectivity index (χ3v) is 3.66. The van der Waals surface area contributed by atoms with E-state index in [0.29, 0.717) is 19.6 Å².